The molecule has 2 rings (SSSR count). The predicted molar refractivity (Wildman–Crippen MR) is 70.3 cm³/mol. The van der Waals surface area contributed by atoms with Crippen molar-refractivity contribution in [2.45, 2.75) is 0 Å². The van der Waals surface area contributed by atoms with Crippen molar-refractivity contribution in [1.82, 2.24) is 0 Å². The standard InChI is InChI=1S/C13H10ClN3/c14-11-5-2-6-12(13(11)16)17-10-4-1-3-9(7-10)8-15/h1-7,17H,16H2. The predicted octanol–water partition coefficient (Wildman–Crippen LogP) is 3.54. The number of nitriles is 1. The molecule has 3 N–H and O–H groups in total. The maximum atomic E-state index is 8.80. The maximum Gasteiger partial charge on any atom is 0.0992 e. The summed E-state index contributed by atoms with van der Waals surface area (Å²) in [5, 5.41) is 12.4. The Hall–Kier alpha value is -2.18. The third-order valence-corrected chi connectivity index (χ3v) is 2.65. The molecule has 2 aromatic rings. The van der Waals surface area contributed by atoms with E-state index in [1.165, 1.54) is 0 Å². The molecule has 3 nitrogen and oxygen atoms in total. The number of anilines is 3. The van der Waals surface area contributed by atoms with Gasteiger partial charge in [-0.1, -0.05) is 23.7 Å². The number of hydrogen-bond acceptors (Lipinski definition) is 3. The summed E-state index contributed by atoms with van der Waals surface area (Å²) in [6.45, 7) is 0. The summed E-state index contributed by atoms with van der Waals surface area (Å²) in [6, 6.07) is 14.6. The van der Waals surface area contributed by atoms with Crippen molar-refractivity contribution in [3.63, 3.8) is 0 Å². The molecule has 0 radical (unpaired) electrons. The highest BCUT2D eigenvalue weighted by atomic mass is 35.5. The van der Waals surface area contributed by atoms with Crippen molar-refractivity contribution in [2.24, 2.45) is 0 Å². The van der Waals surface area contributed by atoms with Crippen molar-refractivity contribution < 1.29 is 0 Å². The summed E-state index contributed by atoms with van der Waals surface area (Å²) in [6.07, 6.45) is 0. The largest absolute Gasteiger partial charge is 0.396 e. The molecule has 0 bridgehead atoms. The van der Waals surface area contributed by atoms with E-state index in [-0.39, 0.29) is 0 Å². The third kappa shape index (κ3) is 2.49. The Morgan fingerprint density at radius 2 is 1.94 bits per heavy atom. The molecular formula is C13H10ClN3. The first-order valence-electron chi connectivity index (χ1n) is 5.02. The lowest BCUT2D eigenvalue weighted by Gasteiger charge is -2.10. The zero-order chi connectivity index (χ0) is 12.3. The molecule has 0 heterocycles. The van der Waals surface area contributed by atoms with E-state index < -0.39 is 0 Å². The number of para-hydroxylation sites is 1. The molecule has 0 fully saturated rings. The minimum absolute atomic E-state index is 0.497. The average molecular weight is 244 g/mol. The van der Waals surface area contributed by atoms with Gasteiger partial charge in [0.15, 0.2) is 0 Å². The third-order valence-electron chi connectivity index (χ3n) is 2.32. The molecule has 0 atom stereocenters. The van der Waals surface area contributed by atoms with E-state index in [2.05, 4.69) is 11.4 Å². The SMILES string of the molecule is N#Cc1cccc(Nc2cccc(Cl)c2N)c1. The number of hydrogen-bond donors (Lipinski definition) is 2. The first-order valence-corrected chi connectivity index (χ1v) is 5.39. The van der Waals surface area contributed by atoms with Gasteiger partial charge in [-0.05, 0) is 30.3 Å². The van der Waals surface area contributed by atoms with Crippen LogP contribution in [0, 0.1) is 11.3 Å². The van der Waals surface area contributed by atoms with Gasteiger partial charge in [0.2, 0.25) is 0 Å². The molecular weight excluding hydrogens is 234 g/mol. The summed E-state index contributed by atoms with van der Waals surface area (Å²) in [4.78, 5) is 0. The number of rotatable bonds is 2. The van der Waals surface area contributed by atoms with Crippen LogP contribution in [-0.4, -0.2) is 0 Å². The number of halogens is 1. The van der Waals surface area contributed by atoms with Gasteiger partial charge >= 0.3 is 0 Å². The van der Waals surface area contributed by atoms with E-state index in [1.54, 1.807) is 18.2 Å². The summed E-state index contributed by atoms with van der Waals surface area (Å²) >= 11 is 5.92. The fraction of sp³-hybridized carbons (Fsp3) is 0. The lowest BCUT2D eigenvalue weighted by atomic mass is 10.2. The second-order valence-corrected chi connectivity index (χ2v) is 3.93. The molecule has 0 aromatic heterocycles. The molecule has 0 aliphatic rings. The number of nitrogens with one attached hydrogen (secondary N) is 1. The lowest BCUT2D eigenvalue weighted by molar-refractivity contribution is 1.47. The molecule has 0 unspecified atom stereocenters. The number of nitrogen functional groups attached to an aromatic ring is 1. The van der Waals surface area contributed by atoms with Gasteiger partial charge in [0.25, 0.3) is 0 Å². The van der Waals surface area contributed by atoms with E-state index in [0.29, 0.717) is 16.3 Å². The van der Waals surface area contributed by atoms with Gasteiger partial charge in [0.1, 0.15) is 0 Å². The van der Waals surface area contributed by atoms with Crippen molar-refractivity contribution in [2.75, 3.05) is 11.1 Å². The fourth-order valence-corrected chi connectivity index (χ4v) is 1.64. The Morgan fingerprint density at radius 1 is 1.18 bits per heavy atom. The topological polar surface area (TPSA) is 61.8 Å². The Bertz CT molecular complexity index is 587. The van der Waals surface area contributed by atoms with Gasteiger partial charge in [0.05, 0.1) is 28.0 Å². The van der Waals surface area contributed by atoms with Crippen molar-refractivity contribution in [3.8, 4) is 6.07 Å². The van der Waals surface area contributed by atoms with Gasteiger partial charge in [-0.3, -0.25) is 0 Å². The fourth-order valence-electron chi connectivity index (χ4n) is 1.47. The van der Waals surface area contributed by atoms with Crippen LogP contribution < -0.4 is 11.1 Å². The summed E-state index contributed by atoms with van der Waals surface area (Å²) in [5.41, 5.74) is 8.46. The minimum Gasteiger partial charge on any atom is -0.396 e. The van der Waals surface area contributed by atoms with Crippen LogP contribution in [0.3, 0.4) is 0 Å². The zero-order valence-electron chi connectivity index (χ0n) is 8.94. The second-order valence-electron chi connectivity index (χ2n) is 3.52. The normalized spacial score (nSPS) is 9.65. The van der Waals surface area contributed by atoms with Gasteiger partial charge in [-0.15, -0.1) is 0 Å². The molecule has 17 heavy (non-hydrogen) atoms. The number of nitrogens with two attached hydrogens (primary N) is 1. The first-order chi connectivity index (χ1) is 8.20. The monoisotopic (exact) mass is 243 g/mol. The van der Waals surface area contributed by atoms with Gasteiger partial charge < -0.3 is 11.1 Å². The quantitative estimate of drug-likeness (QED) is 0.793. The van der Waals surface area contributed by atoms with Crippen LogP contribution in [0.15, 0.2) is 42.5 Å². The van der Waals surface area contributed by atoms with Gasteiger partial charge in [-0.25, -0.2) is 0 Å². The molecule has 0 saturated heterocycles. The lowest BCUT2D eigenvalue weighted by Crippen LogP contribution is -1.96. The second kappa shape index (κ2) is 4.77. The first kappa shape index (κ1) is 11.3. The van der Waals surface area contributed by atoms with E-state index in [4.69, 9.17) is 22.6 Å². The van der Waals surface area contributed by atoms with E-state index >= 15 is 0 Å². The molecule has 0 saturated carbocycles. The van der Waals surface area contributed by atoms with Crippen LogP contribution >= 0.6 is 11.6 Å². The average Bonchev–Trinajstić information content (AvgIpc) is 2.35. The Kier molecular flexibility index (Phi) is 3.17. The Balaban J connectivity index is 2.32. The minimum atomic E-state index is 0.497. The smallest absolute Gasteiger partial charge is 0.0992 e. The van der Waals surface area contributed by atoms with Crippen molar-refractivity contribution >= 4 is 28.7 Å². The zero-order valence-corrected chi connectivity index (χ0v) is 9.70. The Labute approximate surface area is 104 Å². The maximum absolute atomic E-state index is 8.80. The van der Waals surface area contributed by atoms with E-state index in [0.717, 1.165) is 11.4 Å². The highest BCUT2D eigenvalue weighted by Crippen LogP contribution is 2.29. The summed E-state index contributed by atoms with van der Waals surface area (Å²) < 4.78 is 0. The molecule has 0 spiro atoms. The molecule has 4 heteroatoms. The van der Waals surface area contributed by atoms with E-state index in [9.17, 15) is 0 Å². The molecule has 0 aliphatic heterocycles. The van der Waals surface area contributed by atoms with Crippen LogP contribution in [0.25, 0.3) is 0 Å². The van der Waals surface area contributed by atoms with Crippen LogP contribution in [-0.2, 0) is 0 Å². The summed E-state index contributed by atoms with van der Waals surface area (Å²) in [5.74, 6) is 0. The van der Waals surface area contributed by atoms with E-state index in [1.807, 2.05) is 24.3 Å². The van der Waals surface area contributed by atoms with Crippen molar-refractivity contribution in [1.29, 1.82) is 5.26 Å². The van der Waals surface area contributed by atoms with Gasteiger partial charge in [-0.2, -0.15) is 5.26 Å². The van der Waals surface area contributed by atoms with Crippen LogP contribution in [0.4, 0.5) is 17.1 Å². The Morgan fingerprint density at radius 3 is 2.71 bits per heavy atom. The highest BCUT2D eigenvalue weighted by Gasteiger charge is 2.03. The highest BCUT2D eigenvalue weighted by molar-refractivity contribution is 6.33. The number of benzene rings is 2. The van der Waals surface area contributed by atoms with Crippen LogP contribution in [0.2, 0.25) is 5.02 Å². The molecule has 0 amide bonds. The van der Waals surface area contributed by atoms with Crippen LogP contribution in [0.1, 0.15) is 5.56 Å². The van der Waals surface area contributed by atoms with Gasteiger partial charge in [0, 0.05) is 5.69 Å². The van der Waals surface area contributed by atoms with Crippen molar-refractivity contribution in [3.05, 3.63) is 53.1 Å². The summed E-state index contributed by atoms with van der Waals surface area (Å²) in [7, 11) is 0. The molecule has 2 aromatic carbocycles. The number of nitrogens with zero attached hydrogens (tertiary/aromatic N) is 1. The van der Waals surface area contributed by atoms with Crippen LogP contribution in [0.5, 0.6) is 0 Å². The molecule has 0 aliphatic carbocycles. The molecule has 84 valence electrons.